The van der Waals surface area contributed by atoms with E-state index in [0.717, 1.165) is 39.6 Å². The molecule has 0 bridgehead atoms. The molecule has 0 saturated heterocycles. The summed E-state index contributed by atoms with van der Waals surface area (Å²) in [5.74, 6) is 2.18. The van der Waals surface area contributed by atoms with Crippen LogP contribution in [0.2, 0.25) is 0 Å². The van der Waals surface area contributed by atoms with Gasteiger partial charge in [-0.1, -0.05) is 24.3 Å². The van der Waals surface area contributed by atoms with E-state index in [4.69, 9.17) is 9.15 Å². The summed E-state index contributed by atoms with van der Waals surface area (Å²) in [4.78, 5) is 4.34. The van der Waals surface area contributed by atoms with Gasteiger partial charge in [0, 0.05) is 24.6 Å². The zero-order chi connectivity index (χ0) is 24.5. The fourth-order valence-corrected chi connectivity index (χ4v) is 5.73. The number of fused-ring (bicyclic) bond motifs is 1. The van der Waals surface area contributed by atoms with Crippen molar-refractivity contribution < 1.29 is 17.6 Å². The van der Waals surface area contributed by atoms with Gasteiger partial charge in [0.15, 0.2) is 0 Å². The molecule has 2 aromatic heterocycles. The van der Waals surface area contributed by atoms with Crippen molar-refractivity contribution in [2.75, 3.05) is 6.54 Å². The van der Waals surface area contributed by atoms with Crippen LogP contribution in [0.4, 0.5) is 0 Å². The summed E-state index contributed by atoms with van der Waals surface area (Å²) < 4.78 is 41.1. The molecule has 5 aromatic rings. The summed E-state index contributed by atoms with van der Waals surface area (Å²) in [6.45, 7) is 0.713. The highest BCUT2D eigenvalue weighted by atomic mass is 32.2. The summed E-state index contributed by atoms with van der Waals surface area (Å²) in [7, 11) is -3.59. The Morgan fingerprint density at radius 1 is 0.833 bits per heavy atom. The average Bonchev–Trinajstić information content (AvgIpc) is 3.62. The Kier molecular flexibility index (Phi) is 5.67. The average molecular weight is 498 g/mol. The Bertz CT molecular complexity index is 1570. The molecule has 0 radical (unpaired) electrons. The second-order valence-corrected chi connectivity index (χ2v) is 10.5. The van der Waals surface area contributed by atoms with E-state index in [1.54, 1.807) is 30.9 Å². The summed E-state index contributed by atoms with van der Waals surface area (Å²) in [6, 6.07) is 24.4. The van der Waals surface area contributed by atoms with Gasteiger partial charge in [-0.2, -0.15) is 4.31 Å². The van der Waals surface area contributed by atoms with E-state index in [0.29, 0.717) is 13.0 Å². The third-order valence-electron chi connectivity index (χ3n) is 6.34. The van der Waals surface area contributed by atoms with E-state index in [1.807, 2.05) is 77.5 Å². The van der Waals surface area contributed by atoms with Crippen LogP contribution in [0.1, 0.15) is 11.3 Å². The highest BCUT2D eigenvalue weighted by Crippen LogP contribution is 2.29. The highest BCUT2D eigenvalue weighted by molar-refractivity contribution is 7.89. The number of rotatable bonds is 6. The first-order chi connectivity index (χ1) is 17.6. The second kappa shape index (κ2) is 9.14. The second-order valence-electron chi connectivity index (χ2n) is 8.57. The molecule has 0 spiro atoms. The van der Waals surface area contributed by atoms with Gasteiger partial charge in [-0.3, -0.25) is 0 Å². The van der Waals surface area contributed by atoms with E-state index < -0.39 is 10.0 Å². The van der Waals surface area contributed by atoms with Gasteiger partial charge in [0.25, 0.3) is 0 Å². The van der Waals surface area contributed by atoms with Crippen molar-refractivity contribution in [3.8, 4) is 28.3 Å². The van der Waals surface area contributed by atoms with Crippen LogP contribution in [0, 0.1) is 0 Å². The van der Waals surface area contributed by atoms with Crippen molar-refractivity contribution in [2.45, 2.75) is 17.9 Å². The molecule has 7 nitrogen and oxygen atoms in total. The SMILES string of the molecule is O=S(=O)(c1ccc(-c2ccc(Oc3ccc(-n4ccnc4)cc3)cc2)cc1)N1CCc2ccoc2C1. The first-order valence-electron chi connectivity index (χ1n) is 11.6. The number of imidazole rings is 1. The summed E-state index contributed by atoms with van der Waals surface area (Å²) in [5.41, 5.74) is 3.99. The summed E-state index contributed by atoms with van der Waals surface area (Å²) in [6.07, 6.45) is 7.65. The van der Waals surface area contributed by atoms with Crippen LogP contribution in [0.3, 0.4) is 0 Å². The predicted molar refractivity (Wildman–Crippen MR) is 136 cm³/mol. The maximum atomic E-state index is 13.1. The van der Waals surface area contributed by atoms with E-state index >= 15 is 0 Å². The number of sulfonamides is 1. The quantitative estimate of drug-likeness (QED) is 0.302. The fourth-order valence-electron chi connectivity index (χ4n) is 4.34. The molecule has 3 heterocycles. The molecule has 6 rings (SSSR count). The van der Waals surface area contributed by atoms with Gasteiger partial charge < -0.3 is 13.7 Å². The van der Waals surface area contributed by atoms with Gasteiger partial charge >= 0.3 is 0 Å². The molecule has 3 aromatic carbocycles. The standard InChI is InChI=1S/C28H23N3O4S/c32-36(33,31-16-13-23-14-18-34-28(23)19-31)27-11-3-22(4-12-27)21-1-7-25(8-2-21)35-26-9-5-24(6-10-26)30-17-15-29-20-30/h1-12,14-15,17-18,20H,13,16,19H2. The number of aromatic nitrogens is 2. The van der Waals surface area contributed by atoms with E-state index in [-0.39, 0.29) is 11.4 Å². The third kappa shape index (κ3) is 4.32. The smallest absolute Gasteiger partial charge is 0.243 e. The van der Waals surface area contributed by atoms with Crippen molar-refractivity contribution in [1.29, 1.82) is 0 Å². The van der Waals surface area contributed by atoms with Crippen LogP contribution >= 0.6 is 0 Å². The van der Waals surface area contributed by atoms with Gasteiger partial charge in [-0.05, 0) is 77.7 Å². The van der Waals surface area contributed by atoms with Crippen LogP contribution in [-0.4, -0.2) is 28.8 Å². The Morgan fingerprint density at radius 3 is 2.17 bits per heavy atom. The molecule has 8 heteroatoms. The van der Waals surface area contributed by atoms with E-state index in [2.05, 4.69) is 4.98 Å². The Labute approximate surface area is 209 Å². The van der Waals surface area contributed by atoms with Crippen LogP contribution in [0.5, 0.6) is 11.5 Å². The number of ether oxygens (including phenoxy) is 1. The van der Waals surface area contributed by atoms with Crippen molar-refractivity contribution in [3.05, 3.63) is 115 Å². The van der Waals surface area contributed by atoms with Gasteiger partial charge in [0.1, 0.15) is 17.3 Å². The Morgan fingerprint density at radius 2 is 1.50 bits per heavy atom. The van der Waals surface area contributed by atoms with E-state index in [9.17, 15) is 8.42 Å². The number of hydrogen-bond acceptors (Lipinski definition) is 5. The first-order valence-corrected chi connectivity index (χ1v) is 13.0. The minimum atomic E-state index is -3.59. The molecule has 1 aliphatic rings. The van der Waals surface area contributed by atoms with Crippen LogP contribution in [-0.2, 0) is 23.0 Å². The minimum absolute atomic E-state index is 0.264. The molecule has 180 valence electrons. The van der Waals surface area contributed by atoms with Gasteiger partial charge in [0.05, 0.1) is 24.0 Å². The van der Waals surface area contributed by atoms with Crippen LogP contribution < -0.4 is 4.74 Å². The van der Waals surface area contributed by atoms with E-state index in [1.165, 1.54) is 4.31 Å². The molecule has 1 aliphatic heterocycles. The van der Waals surface area contributed by atoms with Crippen LogP contribution in [0.15, 0.2) is 113 Å². The first kappa shape index (κ1) is 22.3. The zero-order valence-electron chi connectivity index (χ0n) is 19.3. The number of nitrogens with zero attached hydrogens (tertiary/aromatic N) is 3. The third-order valence-corrected chi connectivity index (χ3v) is 8.20. The van der Waals surface area contributed by atoms with Crippen molar-refractivity contribution in [2.24, 2.45) is 0 Å². The van der Waals surface area contributed by atoms with Crippen LogP contribution in [0.25, 0.3) is 16.8 Å². The molecule has 0 unspecified atom stereocenters. The zero-order valence-corrected chi connectivity index (χ0v) is 20.1. The molecule has 0 atom stereocenters. The lowest BCUT2D eigenvalue weighted by molar-refractivity contribution is 0.343. The Hall–Kier alpha value is -4.14. The Balaban J connectivity index is 1.13. The summed E-state index contributed by atoms with van der Waals surface area (Å²) in [5, 5.41) is 0. The maximum absolute atomic E-state index is 13.1. The van der Waals surface area contributed by atoms with Gasteiger partial charge in [-0.25, -0.2) is 13.4 Å². The molecular weight excluding hydrogens is 474 g/mol. The molecule has 36 heavy (non-hydrogen) atoms. The van der Waals surface area contributed by atoms with Crippen molar-refractivity contribution in [1.82, 2.24) is 13.9 Å². The number of hydrogen-bond donors (Lipinski definition) is 0. The van der Waals surface area contributed by atoms with Crippen molar-refractivity contribution >= 4 is 10.0 Å². The molecule has 0 N–H and O–H groups in total. The molecule has 0 amide bonds. The monoisotopic (exact) mass is 497 g/mol. The molecule has 0 fully saturated rings. The number of benzene rings is 3. The predicted octanol–water partition coefficient (Wildman–Crippen LogP) is 5.67. The minimum Gasteiger partial charge on any atom is -0.468 e. The lowest BCUT2D eigenvalue weighted by Crippen LogP contribution is -2.35. The fraction of sp³-hybridized carbons (Fsp3) is 0.107. The number of furan rings is 1. The molecule has 0 aliphatic carbocycles. The lowest BCUT2D eigenvalue weighted by atomic mass is 10.1. The summed E-state index contributed by atoms with van der Waals surface area (Å²) >= 11 is 0. The molecule has 0 saturated carbocycles. The van der Waals surface area contributed by atoms with Gasteiger partial charge in [0.2, 0.25) is 10.0 Å². The van der Waals surface area contributed by atoms with Crippen molar-refractivity contribution in [3.63, 3.8) is 0 Å². The lowest BCUT2D eigenvalue weighted by Gasteiger charge is -2.25. The highest BCUT2D eigenvalue weighted by Gasteiger charge is 2.29. The topological polar surface area (TPSA) is 77.6 Å². The van der Waals surface area contributed by atoms with Gasteiger partial charge in [-0.15, -0.1) is 0 Å². The largest absolute Gasteiger partial charge is 0.468 e. The normalized spacial score (nSPS) is 13.9. The maximum Gasteiger partial charge on any atom is 0.243 e. The molecular formula is C28H23N3O4S.